The number of esters is 1. The lowest BCUT2D eigenvalue weighted by molar-refractivity contribution is -0.140. The minimum Gasteiger partial charge on any atom is -0.426 e. The van der Waals surface area contributed by atoms with E-state index in [4.69, 9.17) is 4.74 Å². The molecule has 1 aliphatic rings. The lowest BCUT2D eigenvalue weighted by Crippen LogP contribution is -2.25. The molecule has 3 heteroatoms. The van der Waals surface area contributed by atoms with Gasteiger partial charge in [0.05, 0.1) is 11.6 Å². The number of hydrogen-bond donors (Lipinski definition) is 0. The molecule has 0 N–H and O–H groups in total. The van der Waals surface area contributed by atoms with Gasteiger partial charge >= 0.3 is 5.97 Å². The molecule has 0 atom stereocenters. The molecule has 0 saturated heterocycles. The molecule has 2 aromatic rings. The molecule has 1 fully saturated rings. The van der Waals surface area contributed by atoms with Crippen molar-refractivity contribution < 1.29 is 9.53 Å². The molecule has 0 spiro atoms. The van der Waals surface area contributed by atoms with Crippen LogP contribution in [0, 0.1) is 11.8 Å². The van der Waals surface area contributed by atoms with Gasteiger partial charge in [-0.2, -0.15) is 0 Å². The number of benzene rings is 1. The first-order chi connectivity index (χ1) is 15.7. The van der Waals surface area contributed by atoms with E-state index < -0.39 is 0 Å². The molecular formula is C29H41NO2. The highest BCUT2D eigenvalue weighted by Crippen LogP contribution is 2.33. The molecule has 0 radical (unpaired) electrons. The first kappa shape index (κ1) is 24.5. The van der Waals surface area contributed by atoms with Crippen LogP contribution in [0.3, 0.4) is 0 Å². The van der Waals surface area contributed by atoms with E-state index in [1.54, 1.807) is 0 Å². The smallest absolute Gasteiger partial charge is 0.314 e. The van der Waals surface area contributed by atoms with Crippen LogP contribution in [0.1, 0.15) is 96.5 Å². The fraction of sp³-hybridized carbons (Fsp3) is 0.586. The highest BCUT2D eigenvalue weighted by Gasteiger charge is 2.27. The zero-order valence-electron chi connectivity index (χ0n) is 20.2. The van der Waals surface area contributed by atoms with Gasteiger partial charge in [-0.05, 0) is 80.3 Å². The van der Waals surface area contributed by atoms with Gasteiger partial charge in [-0.1, -0.05) is 64.9 Å². The molecule has 3 nitrogen and oxygen atoms in total. The SMILES string of the molecule is CCCCCCC[C@H]1CC[C@H](C(=O)Oc2ccc(-c3ccc(CCCC)cn3)cc2)CC1. The Hall–Kier alpha value is -2.16. The molecule has 1 saturated carbocycles. The Labute approximate surface area is 195 Å². The van der Waals surface area contributed by atoms with Gasteiger partial charge < -0.3 is 4.74 Å². The monoisotopic (exact) mass is 435 g/mol. The molecule has 0 aliphatic heterocycles. The standard InChI is InChI=1S/C29H41NO2/c1-3-5-7-8-9-11-23-12-15-26(16-13-23)29(31)32-27-19-17-25(18-20-27)28-21-14-24(22-30-28)10-6-4-2/h14,17-23,26H,3-13,15-16H2,1-2H3/t23-,26-. The molecule has 1 aromatic carbocycles. The topological polar surface area (TPSA) is 39.2 Å². The lowest BCUT2D eigenvalue weighted by atomic mass is 9.80. The summed E-state index contributed by atoms with van der Waals surface area (Å²) in [5, 5.41) is 0. The van der Waals surface area contributed by atoms with Crippen LogP contribution in [0.4, 0.5) is 0 Å². The van der Waals surface area contributed by atoms with Crippen molar-refractivity contribution in [3.05, 3.63) is 48.2 Å². The fourth-order valence-corrected chi connectivity index (χ4v) is 4.74. The Bertz CT molecular complexity index is 789. The number of unbranched alkanes of at least 4 members (excludes halogenated alkanes) is 5. The summed E-state index contributed by atoms with van der Waals surface area (Å²) in [5.41, 5.74) is 3.29. The zero-order valence-corrected chi connectivity index (χ0v) is 20.2. The molecule has 1 aromatic heterocycles. The Balaban J connectivity index is 1.42. The molecule has 174 valence electrons. The number of aromatic nitrogens is 1. The quantitative estimate of drug-likeness (QED) is 0.192. The predicted octanol–water partition coefficient (Wildman–Crippen LogP) is 8.16. The molecule has 32 heavy (non-hydrogen) atoms. The Morgan fingerprint density at radius 2 is 1.59 bits per heavy atom. The number of nitrogens with zero attached hydrogens (tertiary/aromatic N) is 1. The summed E-state index contributed by atoms with van der Waals surface area (Å²) in [6, 6.07) is 12.0. The number of rotatable bonds is 12. The first-order valence-corrected chi connectivity index (χ1v) is 13.0. The lowest BCUT2D eigenvalue weighted by Gasteiger charge is -2.27. The maximum atomic E-state index is 12.7. The summed E-state index contributed by atoms with van der Waals surface area (Å²) in [5.74, 6) is 1.44. The van der Waals surface area contributed by atoms with Crippen molar-refractivity contribution in [2.75, 3.05) is 0 Å². The number of carbonyl (C=O) groups is 1. The van der Waals surface area contributed by atoms with Crippen molar-refractivity contribution in [1.29, 1.82) is 0 Å². The van der Waals surface area contributed by atoms with Gasteiger partial charge in [0.25, 0.3) is 0 Å². The minimum atomic E-state index is -0.0578. The van der Waals surface area contributed by atoms with Gasteiger partial charge in [0, 0.05) is 11.8 Å². The second-order valence-electron chi connectivity index (χ2n) is 9.52. The third-order valence-electron chi connectivity index (χ3n) is 6.91. The van der Waals surface area contributed by atoms with Crippen LogP contribution in [0.2, 0.25) is 0 Å². The van der Waals surface area contributed by atoms with E-state index in [1.165, 1.54) is 69.8 Å². The highest BCUT2D eigenvalue weighted by atomic mass is 16.5. The van der Waals surface area contributed by atoms with Crippen LogP contribution in [0.25, 0.3) is 11.3 Å². The van der Waals surface area contributed by atoms with Gasteiger partial charge in [-0.15, -0.1) is 0 Å². The zero-order chi connectivity index (χ0) is 22.6. The van der Waals surface area contributed by atoms with Gasteiger partial charge in [0.15, 0.2) is 0 Å². The van der Waals surface area contributed by atoms with E-state index in [1.807, 2.05) is 30.5 Å². The molecular weight excluding hydrogens is 394 g/mol. The number of aryl methyl sites for hydroxylation is 1. The van der Waals surface area contributed by atoms with E-state index in [0.29, 0.717) is 5.75 Å². The number of carbonyl (C=O) groups excluding carboxylic acids is 1. The molecule has 0 unspecified atom stereocenters. The highest BCUT2D eigenvalue weighted by molar-refractivity contribution is 5.75. The second kappa shape index (κ2) is 13.4. The van der Waals surface area contributed by atoms with Gasteiger partial charge in [-0.3, -0.25) is 9.78 Å². The average Bonchev–Trinajstić information content (AvgIpc) is 2.84. The Morgan fingerprint density at radius 1 is 0.875 bits per heavy atom. The van der Waals surface area contributed by atoms with Crippen LogP contribution in [-0.4, -0.2) is 11.0 Å². The summed E-state index contributed by atoms with van der Waals surface area (Å²) >= 11 is 0. The van der Waals surface area contributed by atoms with Crippen molar-refractivity contribution in [2.45, 2.75) is 97.3 Å². The number of pyridine rings is 1. The van der Waals surface area contributed by atoms with Crippen molar-refractivity contribution in [1.82, 2.24) is 4.98 Å². The summed E-state index contributed by atoms with van der Waals surface area (Å²) < 4.78 is 5.71. The van der Waals surface area contributed by atoms with Crippen molar-refractivity contribution in [3.8, 4) is 17.0 Å². The number of ether oxygens (including phenoxy) is 1. The summed E-state index contributed by atoms with van der Waals surface area (Å²) in [6.07, 6.45) is 17.8. The van der Waals surface area contributed by atoms with Crippen molar-refractivity contribution in [3.63, 3.8) is 0 Å². The normalized spacial score (nSPS) is 18.4. The molecule has 0 bridgehead atoms. The summed E-state index contributed by atoms with van der Waals surface area (Å²) in [4.78, 5) is 17.3. The summed E-state index contributed by atoms with van der Waals surface area (Å²) in [7, 11) is 0. The van der Waals surface area contributed by atoms with E-state index >= 15 is 0 Å². The van der Waals surface area contributed by atoms with Gasteiger partial charge in [-0.25, -0.2) is 0 Å². The van der Waals surface area contributed by atoms with Crippen LogP contribution in [0.5, 0.6) is 5.75 Å². The first-order valence-electron chi connectivity index (χ1n) is 13.0. The van der Waals surface area contributed by atoms with Crippen LogP contribution < -0.4 is 4.74 Å². The second-order valence-corrected chi connectivity index (χ2v) is 9.52. The van der Waals surface area contributed by atoms with Crippen LogP contribution in [0.15, 0.2) is 42.6 Å². The third kappa shape index (κ3) is 7.76. The maximum Gasteiger partial charge on any atom is 0.314 e. The number of hydrogen-bond acceptors (Lipinski definition) is 3. The Morgan fingerprint density at radius 3 is 2.25 bits per heavy atom. The largest absolute Gasteiger partial charge is 0.426 e. The molecule has 1 heterocycles. The fourth-order valence-electron chi connectivity index (χ4n) is 4.74. The average molecular weight is 436 g/mol. The molecule has 3 rings (SSSR count). The molecule has 0 amide bonds. The van der Waals surface area contributed by atoms with Gasteiger partial charge in [0.2, 0.25) is 0 Å². The van der Waals surface area contributed by atoms with E-state index in [2.05, 4.69) is 31.0 Å². The van der Waals surface area contributed by atoms with Crippen molar-refractivity contribution >= 4 is 5.97 Å². The van der Waals surface area contributed by atoms with Crippen molar-refractivity contribution in [2.24, 2.45) is 11.8 Å². The van der Waals surface area contributed by atoms with Gasteiger partial charge in [0.1, 0.15) is 5.75 Å². The Kier molecular flexibility index (Phi) is 10.3. The van der Waals surface area contributed by atoms with Crippen LogP contribution in [-0.2, 0) is 11.2 Å². The van der Waals surface area contributed by atoms with E-state index in [-0.39, 0.29) is 11.9 Å². The third-order valence-corrected chi connectivity index (χ3v) is 6.91. The van der Waals surface area contributed by atoms with Crippen LogP contribution >= 0.6 is 0 Å². The van der Waals surface area contributed by atoms with E-state index in [9.17, 15) is 4.79 Å². The maximum absolute atomic E-state index is 12.7. The summed E-state index contributed by atoms with van der Waals surface area (Å²) in [6.45, 7) is 4.47. The predicted molar refractivity (Wildman–Crippen MR) is 133 cm³/mol. The minimum absolute atomic E-state index is 0.0578. The molecule has 1 aliphatic carbocycles. The van der Waals surface area contributed by atoms with E-state index in [0.717, 1.165) is 36.4 Å².